The minimum Gasteiger partial charge on any atom is -0.354 e. The molecule has 4 aliphatic rings. The smallest absolute Gasteiger partial charge is 0.239 e. The van der Waals surface area contributed by atoms with Gasteiger partial charge in [0.05, 0.1) is 5.25 Å². The number of primary sulfonamides is 1. The highest BCUT2D eigenvalue weighted by Gasteiger charge is 2.33. The lowest BCUT2D eigenvalue weighted by Crippen LogP contribution is -2.47. The Morgan fingerprint density at radius 3 is 2.21 bits per heavy atom. The molecule has 2 aliphatic heterocycles. The van der Waals surface area contributed by atoms with Crippen molar-refractivity contribution in [3.05, 3.63) is 0 Å². The van der Waals surface area contributed by atoms with Gasteiger partial charge >= 0.3 is 0 Å². The van der Waals surface area contributed by atoms with Crippen LogP contribution in [0, 0.1) is 17.8 Å². The van der Waals surface area contributed by atoms with E-state index in [1.807, 2.05) is 0 Å². The van der Waals surface area contributed by atoms with Crippen LogP contribution in [0.4, 0.5) is 0 Å². The summed E-state index contributed by atoms with van der Waals surface area (Å²) in [5, 5.41) is 10.1. The molecule has 190 valence electrons. The van der Waals surface area contributed by atoms with Gasteiger partial charge in [-0.05, 0) is 82.2 Å². The lowest BCUT2D eigenvalue weighted by molar-refractivity contribution is -0.122. The Morgan fingerprint density at radius 1 is 0.879 bits per heavy atom. The number of nitrogens with two attached hydrogens (primary N) is 1. The van der Waals surface area contributed by atoms with Gasteiger partial charge in [0, 0.05) is 26.2 Å². The van der Waals surface area contributed by atoms with E-state index in [2.05, 4.69) is 26.2 Å². The molecule has 9 nitrogen and oxygen atoms in total. The molecule has 0 aromatic carbocycles. The number of hydrogen-bond donors (Lipinski definition) is 4. The minimum atomic E-state index is -3.42. The minimum absolute atomic E-state index is 0.0626. The van der Waals surface area contributed by atoms with Crippen LogP contribution in [0.3, 0.4) is 0 Å². The van der Waals surface area contributed by atoms with Crippen molar-refractivity contribution in [3.8, 4) is 0 Å². The van der Waals surface area contributed by atoms with Crippen LogP contribution < -0.4 is 21.4 Å². The Bertz CT molecular complexity index is 728. The summed E-state index contributed by atoms with van der Waals surface area (Å²) in [6, 6.07) is -0.253. The summed E-state index contributed by atoms with van der Waals surface area (Å²) >= 11 is 0. The quantitative estimate of drug-likeness (QED) is 0.405. The first-order valence-corrected chi connectivity index (χ1v) is 14.8. The summed E-state index contributed by atoms with van der Waals surface area (Å²) in [4.78, 5) is 15.3. The van der Waals surface area contributed by atoms with Gasteiger partial charge in [-0.1, -0.05) is 19.3 Å². The zero-order chi connectivity index (χ0) is 23.3. The van der Waals surface area contributed by atoms with Crippen molar-refractivity contribution in [2.75, 3.05) is 39.3 Å². The highest BCUT2D eigenvalue weighted by Crippen LogP contribution is 2.28. The maximum atomic E-state index is 12.7. The highest BCUT2D eigenvalue weighted by atomic mass is 32.2. The van der Waals surface area contributed by atoms with Gasteiger partial charge in [0.25, 0.3) is 0 Å². The first-order valence-electron chi connectivity index (χ1n) is 13.1. The molecule has 2 saturated carbocycles. The first kappa shape index (κ1) is 25.3. The monoisotopic (exact) mass is 484 g/mol. The molecule has 2 heterocycles. The van der Waals surface area contributed by atoms with Gasteiger partial charge in [0.15, 0.2) is 0 Å². The number of carbonyl (C=O) groups is 1. The van der Waals surface area contributed by atoms with E-state index in [0.717, 1.165) is 31.8 Å². The number of hydrogen-bond acceptors (Lipinski definition) is 7. The van der Waals surface area contributed by atoms with Crippen LogP contribution in [-0.2, 0) is 14.8 Å². The predicted octanol–water partition coefficient (Wildman–Crippen LogP) is 0.936. The van der Waals surface area contributed by atoms with Gasteiger partial charge in [0.1, 0.15) is 6.04 Å². The van der Waals surface area contributed by atoms with E-state index in [1.165, 1.54) is 64.6 Å². The number of amides is 1. The predicted molar refractivity (Wildman–Crippen MR) is 129 cm³/mol. The van der Waals surface area contributed by atoms with Crippen molar-refractivity contribution in [2.45, 2.75) is 81.9 Å². The number of likely N-dealkylation sites (tertiary alicyclic amines) is 1. The molecule has 4 rings (SSSR count). The number of rotatable bonds is 8. The number of nitrogens with zero attached hydrogens (tertiary/aromatic N) is 2. The molecule has 2 saturated heterocycles. The molecular formula is C23H44N6O3S. The third kappa shape index (κ3) is 7.60. The van der Waals surface area contributed by atoms with E-state index in [1.54, 1.807) is 0 Å². The van der Waals surface area contributed by atoms with E-state index in [0.29, 0.717) is 31.2 Å². The van der Waals surface area contributed by atoms with Crippen molar-refractivity contribution in [3.63, 3.8) is 0 Å². The van der Waals surface area contributed by atoms with Gasteiger partial charge in [0.2, 0.25) is 15.9 Å². The van der Waals surface area contributed by atoms with Crippen LogP contribution >= 0.6 is 0 Å². The van der Waals surface area contributed by atoms with Crippen molar-refractivity contribution in [1.29, 1.82) is 0 Å². The fourth-order valence-corrected chi connectivity index (χ4v) is 7.11. The molecule has 0 spiro atoms. The number of sulfonamides is 1. The van der Waals surface area contributed by atoms with Crippen molar-refractivity contribution in [2.24, 2.45) is 22.9 Å². The second-order valence-electron chi connectivity index (χ2n) is 10.9. The van der Waals surface area contributed by atoms with Gasteiger partial charge in [-0.25, -0.2) is 24.0 Å². The summed E-state index contributed by atoms with van der Waals surface area (Å²) in [5.74, 6) is 1.98. The lowest BCUT2D eigenvalue weighted by atomic mass is 9.88. The van der Waals surface area contributed by atoms with Gasteiger partial charge in [-0.2, -0.15) is 5.53 Å². The molecule has 0 aromatic heterocycles. The number of piperidine rings is 1. The molecule has 0 radical (unpaired) electrons. The Hall–Kier alpha value is -0.780. The fourth-order valence-electron chi connectivity index (χ4n) is 6.18. The Labute approximate surface area is 199 Å². The Balaban J connectivity index is 1.09. The van der Waals surface area contributed by atoms with Crippen LogP contribution in [0.15, 0.2) is 0 Å². The van der Waals surface area contributed by atoms with Crippen LogP contribution in [-0.4, -0.2) is 74.8 Å². The topological polar surface area (TPSA) is 120 Å². The zero-order valence-electron chi connectivity index (χ0n) is 20.0. The Morgan fingerprint density at radius 2 is 1.55 bits per heavy atom. The van der Waals surface area contributed by atoms with E-state index in [-0.39, 0.29) is 11.9 Å². The molecule has 4 fully saturated rings. The van der Waals surface area contributed by atoms with Crippen LogP contribution in [0.2, 0.25) is 0 Å². The second kappa shape index (κ2) is 11.8. The van der Waals surface area contributed by atoms with Gasteiger partial charge in [-0.15, -0.1) is 0 Å². The first-order chi connectivity index (χ1) is 15.9. The van der Waals surface area contributed by atoms with E-state index < -0.39 is 15.3 Å². The Kier molecular flexibility index (Phi) is 9.03. The number of hydrazine groups is 2. The summed E-state index contributed by atoms with van der Waals surface area (Å²) in [6.07, 6.45) is 12.4. The van der Waals surface area contributed by atoms with E-state index in [9.17, 15) is 13.2 Å². The third-order valence-electron chi connectivity index (χ3n) is 8.37. The molecule has 5 N–H and O–H groups in total. The summed E-state index contributed by atoms with van der Waals surface area (Å²) in [5.41, 5.74) is 6.24. The number of carbonyl (C=O) groups excluding carboxylic acids is 1. The van der Waals surface area contributed by atoms with Crippen LogP contribution in [0.5, 0.6) is 0 Å². The summed E-state index contributed by atoms with van der Waals surface area (Å²) < 4.78 is 23.1. The molecule has 1 amide bonds. The normalized spacial score (nSPS) is 31.6. The SMILES string of the molecule is NS(=O)(=O)C1CCC(CN2CC(C(=O)NCC3CCN(CC4CCCCC4)CC3)NN2)CC1. The van der Waals surface area contributed by atoms with Crippen molar-refractivity contribution in [1.82, 2.24) is 26.2 Å². The maximum absolute atomic E-state index is 12.7. The summed E-state index contributed by atoms with van der Waals surface area (Å²) in [6.45, 7) is 5.82. The van der Waals surface area contributed by atoms with Gasteiger partial charge in [-0.3, -0.25) is 4.79 Å². The average molecular weight is 485 g/mol. The largest absolute Gasteiger partial charge is 0.354 e. The van der Waals surface area contributed by atoms with Crippen LogP contribution in [0.25, 0.3) is 0 Å². The number of nitrogens with one attached hydrogen (secondary N) is 3. The fraction of sp³-hybridized carbons (Fsp3) is 0.957. The standard InChI is InChI=1S/C23H44N6O3S/c24-33(31,32)21-8-6-20(7-9-21)16-29-17-22(26-27-29)23(30)25-14-18-10-12-28(13-11-18)15-19-4-2-1-3-5-19/h18-22,26-27H,1-17H2,(H,25,30)(H2,24,31,32). The third-order valence-corrected chi connectivity index (χ3v) is 9.77. The van der Waals surface area contributed by atoms with Crippen LogP contribution in [0.1, 0.15) is 70.6 Å². The second-order valence-corrected chi connectivity index (χ2v) is 12.8. The van der Waals surface area contributed by atoms with E-state index in [4.69, 9.17) is 5.14 Å². The summed E-state index contributed by atoms with van der Waals surface area (Å²) in [7, 11) is -3.42. The molecule has 2 aliphatic carbocycles. The molecule has 33 heavy (non-hydrogen) atoms. The molecule has 1 atom stereocenters. The highest BCUT2D eigenvalue weighted by molar-refractivity contribution is 7.89. The van der Waals surface area contributed by atoms with Crippen molar-refractivity contribution < 1.29 is 13.2 Å². The zero-order valence-corrected chi connectivity index (χ0v) is 20.8. The molecular weight excluding hydrogens is 440 g/mol. The average Bonchev–Trinajstić information content (AvgIpc) is 3.27. The van der Waals surface area contributed by atoms with Crippen molar-refractivity contribution >= 4 is 15.9 Å². The molecule has 1 unspecified atom stereocenters. The van der Waals surface area contributed by atoms with Gasteiger partial charge < -0.3 is 10.2 Å². The van der Waals surface area contributed by atoms with E-state index >= 15 is 0 Å². The molecule has 0 bridgehead atoms. The maximum Gasteiger partial charge on any atom is 0.239 e. The molecule has 10 heteroatoms. The molecule has 0 aromatic rings. The lowest BCUT2D eigenvalue weighted by Gasteiger charge is -2.35.